The molecule has 176 valence electrons. The van der Waals surface area contributed by atoms with Crippen LogP contribution in [-0.4, -0.2) is 48.8 Å². The summed E-state index contributed by atoms with van der Waals surface area (Å²) in [7, 11) is 0. The van der Waals surface area contributed by atoms with Gasteiger partial charge in [-0.25, -0.2) is 0 Å². The Morgan fingerprint density at radius 1 is 0.818 bits per heavy atom. The molecule has 4 rings (SSSR count). The summed E-state index contributed by atoms with van der Waals surface area (Å²) in [6.45, 7) is 9.12. The number of unbranched alkanes of at least 4 members (excludes halogenated alkanes) is 3. The minimum Gasteiger partial charge on any atom is -0.494 e. The SMILES string of the molecule is CCCCCCn1c(=O)ccc2cc(OCCCN3CCN(c4ccccc4)CC3)ccc21. The highest BCUT2D eigenvalue weighted by Gasteiger charge is 2.16. The molecular weight excluding hydrogens is 410 g/mol. The number of pyridine rings is 1. The molecule has 1 fully saturated rings. The van der Waals surface area contributed by atoms with Crippen molar-refractivity contribution in [3.8, 4) is 5.75 Å². The van der Waals surface area contributed by atoms with Crippen molar-refractivity contribution < 1.29 is 4.74 Å². The Kier molecular flexibility index (Phi) is 8.42. The number of hydrogen-bond acceptors (Lipinski definition) is 4. The van der Waals surface area contributed by atoms with Crippen LogP contribution in [0.2, 0.25) is 0 Å². The first-order valence-corrected chi connectivity index (χ1v) is 12.5. The lowest BCUT2D eigenvalue weighted by atomic mass is 10.1. The molecule has 2 heterocycles. The van der Waals surface area contributed by atoms with Crippen molar-refractivity contribution in [1.82, 2.24) is 9.47 Å². The van der Waals surface area contributed by atoms with Gasteiger partial charge in [-0.3, -0.25) is 9.69 Å². The van der Waals surface area contributed by atoms with Gasteiger partial charge in [-0.2, -0.15) is 0 Å². The lowest BCUT2D eigenvalue weighted by Gasteiger charge is -2.36. The maximum Gasteiger partial charge on any atom is 0.251 e. The highest BCUT2D eigenvalue weighted by atomic mass is 16.5. The molecule has 0 N–H and O–H groups in total. The van der Waals surface area contributed by atoms with E-state index in [2.05, 4.69) is 53.1 Å². The summed E-state index contributed by atoms with van der Waals surface area (Å²) >= 11 is 0. The molecule has 0 bridgehead atoms. The molecular formula is C28H37N3O2. The van der Waals surface area contributed by atoms with Gasteiger partial charge in [0.25, 0.3) is 5.56 Å². The molecule has 5 heteroatoms. The van der Waals surface area contributed by atoms with E-state index in [9.17, 15) is 4.79 Å². The number of aryl methyl sites for hydroxylation is 1. The van der Waals surface area contributed by atoms with Gasteiger partial charge < -0.3 is 14.2 Å². The van der Waals surface area contributed by atoms with E-state index >= 15 is 0 Å². The number of fused-ring (bicyclic) bond motifs is 1. The van der Waals surface area contributed by atoms with Crippen molar-refractivity contribution in [1.29, 1.82) is 0 Å². The van der Waals surface area contributed by atoms with E-state index in [1.165, 1.54) is 24.9 Å². The Bertz CT molecular complexity index is 1060. The van der Waals surface area contributed by atoms with Crippen molar-refractivity contribution in [3.63, 3.8) is 0 Å². The minimum atomic E-state index is 0.0834. The van der Waals surface area contributed by atoms with Crippen LogP contribution in [0.25, 0.3) is 10.9 Å². The van der Waals surface area contributed by atoms with Crippen molar-refractivity contribution in [2.75, 3.05) is 44.2 Å². The Labute approximate surface area is 197 Å². The fraction of sp³-hybridized carbons (Fsp3) is 0.464. The lowest BCUT2D eigenvalue weighted by Crippen LogP contribution is -2.46. The monoisotopic (exact) mass is 447 g/mol. The van der Waals surface area contributed by atoms with E-state index in [-0.39, 0.29) is 5.56 Å². The number of para-hydroxylation sites is 1. The van der Waals surface area contributed by atoms with Gasteiger partial charge in [-0.15, -0.1) is 0 Å². The molecule has 33 heavy (non-hydrogen) atoms. The number of piperazine rings is 1. The first-order valence-electron chi connectivity index (χ1n) is 12.5. The van der Waals surface area contributed by atoms with Crippen LogP contribution in [0.15, 0.2) is 65.5 Å². The van der Waals surface area contributed by atoms with E-state index in [4.69, 9.17) is 4.74 Å². The summed E-state index contributed by atoms with van der Waals surface area (Å²) in [4.78, 5) is 17.4. The zero-order valence-corrected chi connectivity index (χ0v) is 19.9. The summed E-state index contributed by atoms with van der Waals surface area (Å²) < 4.78 is 7.96. The molecule has 0 amide bonds. The summed E-state index contributed by atoms with van der Waals surface area (Å²) in [5.41, 5.74) is 2.41. The third-order valence-electron chi connectivity index (χ3n) is 6.58. The molecule has 1 aromatic heterocycles. The zero-order valence-electron chi connectivity index (χ0n) is 19.9. The average Bonchev–Trinajstić information content (AvgIpc) is 2.86. The Hall–Kier alpha value is -2.79. The lowest BCUT2D eigenvalue weighted by molar-refractivity contribution is 0.225. The van der Waals surface area contributed by atoms with Crippen molar-refractivity contribution in [2.24, 2.45) is 0 Å². The van der Waals surface area contributed by atoms with Gasteiger partial charge in [0.1, 0.15) is 5.75 Å². The van der Waals surface area contributed by atoms with E-state index in [0.29, 0.717) is 6.61 Å². The number of nitrogens with zero attached hydrogens (tertiary/aromatic N) is 3. The molecule has 1 aliphatic rings. The van der Waals surface area contributed by atoms with Crippen molar-refractivity contribution in [2.45, 2.75) is 45.6 Å². The number of hydrogen-bond donors (Lipinski definition) is 0. The normalized spacial score (nSPS) is 14.6. The molecule has 3 aromatic rings. The Morgan fingerprint density at radius 2 is 1.64 bits per heavy atom. The summed E-state index contributed by atoms with van der Waals surface area (Å²) in [6.07, 6.45) is 5.65. The van der Waals surface area contributed by atoms with Crippen LogP contribution in [0, 0.1) is 0 Å². The number of rotatable bonds is 11. The standard InChI is InChI=1S/C28H37N3O2/c1-2-3-4-8-17-31-27-14-13-26(23-24(27)12-15-28(31)32)33-22-9-16-29-18-20-30(21-19-29)25-10-6-5-7-11-25/h5-7,10-15,23H,2-4,8-9,16-22H2,1H3. The molecule has 0 spiro atoms. The van der Waals surface area contributed by atoms with Crippen LogP contribution < -0.4 is 15.2 Å². The molecule has 5 nitrogen and oxygen atoms in total. The smallest absolute Gasteiger partial charge is 0.251 e. The number of aromatic nitrogens is 1. The van der Waals surface area contributed by atoms with Gasteiger partial charge in [0, 0.05) is 56.4 Å². The second-order valence-electron chi connectivity index (χ2n) is 8.97. The van der Waals surface area contributed by atoms with E-state index < -0.39 is 0 Å². The molecule has 0 radical (unpaired) electrons. The number of ether oxygens (including phenoxy) is 1. The van der Waals surface area contributed by atoms with Gasteiger partial charge in [-0.1, -0.05) is 44.4 Å². The van der Waals surface area contributed by atoms with Crippen molar-refractivity contribution >= 4 is 16.6 Å². The second-order valence-corrected chi connectivity index (χ2v) is 8.97. The number of benzene rings is 2. The number of anilines is 1. The van der Waals surface area contributed by atoms with Crippen LogP contribution in [0.1, 0.15) is 39.0 Å². The zero-order chi connectivity index (χ0) is 22.9. The maximum atomic E-state index is 12.4. The topological polar surface area (TPSA) is 37.7 Å². The van der Waals surface area contributed by atoms with E-state index in [0.717, 1.165) is 68.8 Å². The van der Waals surface area contributed by atoms with Crippen LogP contribution in [0.3, 0.4) is 0 Å². The molecule has 2 aromatic carbocycles. The van der Waals surface area contributed by atoms with E-state index in [1.807, 2.05) is 22.8 Å². The molecule has 0 aliphatic carbocycles. The molecule has 0 unspecified atom stereocenters. The van der Waals surface area contributed by atoms with Gasteiger partial charge in [0.05, 0.1) is 12.1 Å². The third kappa shape index (κ3) is 6.38. The fourth-order valence-corrected chi connectivity index (χ4v) is 4.65. The molecule has 0 atom stereocenters. The summed E-state index contributed by atoms with van der Waals surface area (Å²) in [5, 5.41) is 1.07. The van der Waals surface area contributed by atoms with Crippen LogP contribution in [0.5, 0.6) is 5.75 Å². The summed E-state index contributed by atoms with van der Waals surface area (Å²) in [5.74, 6) is 0.882. The molecule has 1 aliphatic heterocycles. The van der Waals surface area contributed by atoms with Crippen LogP contribution >= 0.6 is 0 Å². The first-order chi connectivity index (χ1) is 16.2. The Balaban J connectivity index is 1.23. The third-order valence-corrected chi connectivity index (χ3v) is 6.58. The maximum absolute atomic E-state index is 12.4. The van der Waals surface area contributed by atoms with Crippen LogP contribution in [0.4, 0.5) is 5.69 Å². The molecule has 0 saturated carbocycles. The summed E-state index contributed by atoms with van der Waals surface area (Å²) in [6, 6.07) is 20.4. The average molecular weight is 448 g/mol. The predicted octanol–water partition coefficient (Wildman–Crippen LogP) is 5.17. The van der Waals surface area contributed by atoms with Gasteiger partial charge in [0.2, 0.25) is 0 Å². The van der Waals surface area contributed by atoms with Crippen molar-refractivity contribution in [3.05, 3.63) is 71.0 Å². The Morgan fingerprint density at radius 3 is 2.42 bits per heavy atom. The highest BCUT2D eigenvalue weighted by Crippen LogP contribution is 2.21. The molecule has 1 saturated heterocycles. The van der Waals surface area contributed by atoms with Gasteiger partial charge in [0.15, 0.2) is 0 Å². The van der Waals surface area contributed by atoms with E-state index in [1.54, 1.807) is 6.07 Å². The fourth-order valence-electron chi connectivity index (χ4n) is 4.65. The van der Waals surface area contributed by atoms with Crippen LogP contribution in [-0.2, 0) is 6.54 Å². The first kappa shape index (κ1) is 23.4. The van der Waals surface area contributed by atoms with Gasteiger partial charge in [-0.05, 0) is 49.2 Å². The predicted molar refractivity (Wildman–Crippen MR) is 138 cm³/mol. The highest BCUT2D eigenvalue weighted by molar-refractivity contribution is 5.80. The van der Waals surface area contributed by atoms with Gasteiger partial charge >= 0.3 is 0 Å². The largest absolute Gasteiger partial charge is 0.494 e. The quantitative estimate of drug-likeness (QED) is 0.380. The minimum absolute atomic E-state index is 0.0834. The second kappa shape index (κ2) is 11.9.